The molecular weight excluding hydrogens is 274 g/mol. The van der Waals surface area contributed by atoms with Crippen molar-refractivity contribution >= 4 is 21.8 Å². The van der Waals surface area contributed by atoms with Crippen LogP contribution in [0.5, 0.6) is 11.6 Å². The highest BCUT2D eigenvalue weighted by Gasteiger charge is 2.07. The van der Waals surface area contributed by atoms with E-state index in [1.807, 2.05) is 54.7 Å². The van der Waals surface area contributed by atoms with E-state index in [4.69, 9.17) is 4.74 Å². The second-order valence-electron chi connectivity index (χ2n) is 5.10. The van der Waals surface area contributed by atoms with Crippen LogP contribution in [-0.4, -0.2) is 15.0 Å². The molecule has 4 rings (SSSR count). The Morgan fingerprint density at radius 1 is 0.818 bits per heavy atom. The largest absolute Gasteiger partial charge is 0.438 e. The Morgan fingerprint density at radius 3 is 2.68 bits per heavy atom. The molecule has 22 heavy (non-hydrogen) atoms. The highest BCUT2D eigenvalue weighted by atomic mass is 16.5. The second-order valence-corrected chi connectivity index (χ2v) is 5.10. The molecule has 0 fully saturated rings. The highest BCUT2D eigenvalue weighted by molar-refractivity contribution is 5.85. The number of pyridine rings is 1. The first-order valence-corrected chi connectivity index (χ1v) is 7.04. The molecule has 0 unspecified atom stereocenters. The van der Waals surface area contributed by atoms with Gasteiger partial charge in [-0.25, -0.2) is 9.97 Å². The Hall–Kier alpha value is -3.01. The summed E-state index contributed by atoms with van der Waals surface area (Å²) in [6, 6.07) is 15.7. The van der Waals surface area contributed by atoms with Crippen LogP contribution in [0.2, 0.25) is 0 Å². The summed E-state index contributed by atoms with van der Waals surface area (Å²) in [5, 5.41) is 2.02. The Balaban J connectivity index is 1.79. The van der Waals surface area contributed by atoms with Gasteiger partial charge in [0, 0.05) is 17.6 Å². The van der Waals surface area contributed by atoms with Gasteiger partial charge in [-0.05, 0) is 42.8 Å². The highest BCUT2D eigenvalue weighted by Crippen LogP contribution is 2.28. The van der Waals surface area contributed by atoms with Crippen molar-refractivity contribution in [3.05, 3.63) is 66.6 Å². The van der Waals surface area contributed by atoms with Gasteiger partial charge in [-0.1, -0.05) is 12.1 Å². The molecular formula is C18H13N3O. The number of rotatable bonds is 2. The van der Waals surface area contributed by atoms with Crippen LogP contribution in [0.4, 0.5) is 0 Å². The van der Waals surface area contributed by atoms with Crippen LogP contribution >= 0.6 is 0 Å². The first-order valence-electron chi connectivity index (χ1n) is 7.04. The van der Waals surface area contributed by atoms with Crippen LogP contribution in [0.15, 0.2) is 61.1 Å². The Bertz CT molecular complexity index is 977. The molecule has 4 heteroatoms. The van der Waals surface area contributed by atoms with Crippen LogP contribution in [0.25, 0.3) is 21.8 Å². The van der Waals surface area contributed by atoms with Crippen LogP contribution in [-0.2, 0) is 0 Å². The number of hydrogen-bond donors (Lipinski definition) is 0. The van der Waals surface area contributed by atoms with E-state index < -0.39 is 0 Å². The number of nitrogens with zero attached hydrogens (tertiary/aromatic N) is 3. The molecule has 4 nitrogen and oxygen atoms in total. The summed E-state index contributed by atoms with van der Waals surface area (Å²) in [5.41, 5.74) is 2.97. The summed E-state index contributed by atoms with van der Waals surface area (Å²) in [4.78, 5) is 12.9. The van der Waals surface area contributed by atoms with Gasteiger partial charge in [0.25, 0.3) is 0 Å². The number of benzene rings is 2. The van der Waals surface area contributed by atoms with Gasteiger partial charge in [-0.15, -0.1) is 0 Å². The molecule has 0 aliphatic rings. The van der Waals surface area contributed by atoms with Crippen molar-refractivity contribution in [3.63, 3.8) is 0 Å². The molecule has 2 heterocycles. The van der Waals surface area contributed by atoms with Crippen molar-refractivity contribution in [3.8, 4) is 11.6 Å². The molecule has 2 aromatic heterocycles. The van der Waals surface area contributed by atoms with Crippen molar-refractivity contribution in [1.82, 2.24) is 15.0 Å². The Labute approximate surface area is 127 Å². The molecule has 106 valence electrons. The van der Waals surface area contributed by atoms with E-state index >= 15 is 0 Å². The van der Waals surface area contributed by atoms with Crippen molar-refractivity contribution in [2.24, 2.45) is 0 Å². The van der Waals surface area contributed by atoms with Crippen molar-refractivity contribution in [1.29, 1.82) is 0 Å². The number of ether oxygens (including phenoxy) is 1. The zero-order valence-electron chi connectivity index (χ0n) is 12.0. The van der Waals surface area contributed by atoms with E-state index in [1.165, 1.54) is 11.9 Å². The predicted molar refractivity (Wildman–Crippen MR) is 86.1 cm³/mol. The van der Waals surface area contributed by atoms with Gasteiger partial charge in [-0.2, -0.15) is 0 Å². The fourth-order valence-electron chi connectivity index (χ4n) is 2.51. The van der Waals surface area contributed by atoms with Gasteiger partial charge in [0.1, 0.15) is 12.1 Å². The van der Waals surface area contributed by atoms with Crippen molar-refractivity contribution in [2.45, 2.75) is 6.92 Å². The maximum absolute atomic E-state index is 5.95. The van der Waals surface area contributed by atoms with E-state index in [0.717, 1.165) is 27.6 Å². The number of aryl methyl sites for hydroxylation is 1. The average Bonchev–Trinajstić information content (AvgIpc) is 2.55. The van der Waals surface area contributed by atoms with E-state index in [-0.39, 0.29) is 0 Å². The third kappa shape index (κ3) is 2.15. The predicted octanol–water partition coefficient (Wildman–Crippen LogP) is 4.28. The van der Waals surface area contributed by atoms with Gasteiger partial charge >= 0.3 is 0 Å². The summed E-state index contributed by atoms with van der Waals surface area (Å²) in [7, 11) is 0. The number of fused-ring (bicyclic) bond motifs is 2. The maximum atomic E-state index is 5.95. The summed E-state index contributed by atoms with van der Waals surface area (Å²) in [6.45, 7) is 2.07. The lowest BCUT2D eigenvalue weighted by molar-refractivity contribution is 0.469. The summed E-state index contributed by atoms with van der Waals surface area (Å²) < 4.78 is 5.95. The van der Waals surface area contributed by atoms with Gasteiger partial charge < -0.3 is 4.74 Å². The van der Waals surface area contributed by atoms with Gasteiger partial charge in [0.15, 0.2) is 0 Å². The standard InChI is InChI=1S/C18H13N3O/c1-12-8-9-19-17-10-13(6-7-14(12)17)22-18-15-4-2-3-5-16(15)20-11-21-18/h2-11H,1H3. The van der Waals surface area contributed by atoms with Crippen LogP contribution < -0.4 is 4.74 Å². The monoisotopic (exact) mass is 287 g/mol. The van der Waals surface area contributed by atoms with E-state index in [0.29, 0.717) is 5.88 Å². The first kappa shape index (κ1) is 12.7. The molecule has 0 radical (unpaired) electrons. The van der Waals surface area contributed by atoms with Crippen LogP contribution in [0, 0.1) is 6.92 Å². The van der Waals surface area contributed by atoms with Gasteiger partial charge in [0.05, 0.1) is 16.4 Å². The summed E-state index contributed by atoms with van der Waals surface area (Å²) in [6.07, 6.45) is 3.32. The lowest BCUT2D eigenvalue weighted by atomic mass is 10.1. The molecule has 0 saturated heterocycles. The summed E-state index contributed by atoms with van der Waals surface area (Å²) >= 11 is 0. The first-order chi connectivity index (χ1) is 10.8. The van der Waals surface area contributed by atoms with E-state index in [1.54, 1.807) is 0 Å². The number of aromatic nitrogens is 3. The molecule has 0 spiro atoms. The third-order valence-electron chi connectivity index (χ3n) is 3.65. The third-order valence-corrected chi connectivity index (χ3v) is 3.65. The minimum atomic E-state index is 0.553. The second kappa shape index (κ2) is 5.07. The smallest absolute Gasteiger partial charge is 0.230 e. The SMILES string of the molecule is Cc1ccnc2cc(Oc3ncnc4ccccc34)ccc12. The number of para-hydroxylation sites is 1. The molecule has 0 amide bonds. The zero-order valence-corrected chi connectivity index (χ0v) is 12.0. The van der Waals surface area contributed by atoms with Crippen molar-refractivity contribution in [2.75, 3.05) is 0 Å². The normalized spacial score (nSPS) is 11.0. The molecule has 0 aliphatic carbocycles. The topological polar surface area (TPSA) is 47.9 Å². The molecule has 0 N–H and O–H groups in total. The van der Waals surface area contributed by atoms with Crippen LogP contribution in [0.1, 0.15) is 5.56 Å². The minimum absolute atomic E-state index is 0.553. The maximum Gasteiger partial charge on any atom is 0.230 e. The Kier molecular flexibility index (Phi) is 2.93. The Morgan fingerprint density at radius 2 is 1.73 bits per heavy atom. The lowest BCUT2D eigenvalue weighted by Gasteiger charge is -2.08. The van der Waals surface area contributed by atoms with Crippen LogP contribution in [0.3, 0.4) is 0 Å². The fourth-order valence-corrected chi connectivity index (χ4v) is 2.51. The fraction of sp³-hybridized carbons (Fsp3) is 0.0556. The summed E-state index contributed by atoms with van der Waals surface area (Å²) in [5.74, 6) is 1.27. The number of hydrogen-bond acceptors (Lipinski definition) is 4. The van der Waals surface area contributed by atoms with Gasteiger partial charge in [0.2, 0.25) is 5.88 Å². The molecule has 0 saturated carbocycles. The molecule has 2 aromatic carbocycles. The molecule has 0 aliphatic heterocycles. The van der Waals surface area contributed by atoms with E-state index in [9.17, 15) is 0 Å². The quantitative estimate of drug-likeness (QED) is 0.552. The van der Waals surface area contributed by atoms with Gasteiger partial charge in [-0.3, -0.25) is 4.98 Å². The molecule has 4 aromatic rings. The zero-order chi connectivity index (χ0) is 14.9. The lowest BCUT2D eigenvalue weighted by Crippen LogP contribution is -1.92. The minimum Gasteiger partial charge on any atom is -0.438 e. The molecule has 0 atom stereocenters. The van der Waals surface area contributed by atoms with E-state index in [2.05, 4.69) is 21.9 Å². The molecule has 0 bridgehead atoms. The average molecular weight is 287 g/mol. The van der Waals surface area contributed by atoms with Crippen molar-refractivity contribution < 1.29 is 4.74 Å².